The van der Waals surface area contributed by atoms with Gasteiger partial charge in [0.25, 0.3) is 5.91 Å². The van der Waals surface area contributed by atoms with Gasteiger partial charge in [0.2, 0.25) is 0 Å². The maximum absolute atomic E-state index is 12.8. The zero-order chi connectivity index (χ0) is 15.0. The topological polar surface area (TPSA) is 46.3 Å². The molecule has 4 heteroatoms. The van der Waals surface area contributed by atoms with Crippen molar-refractivity contribution in [2.75, 3.05) is 12.8 Å². The summed E-state index contributed by atoms with van der Waals surface area (Å²) in [4.78, 5) is 15.4. The van der Waals surface area contributed by atoms with Gasteiger partial charge >= 0.3 is 0 Å². The molecule has 2 aromatic rings. The average Bonchev–Trinajstić information content (AvgIpc) is 2.84. The number of nitrogens with two attached hydrogens (primary N) is 1. The predicted molar refractivity (Wildman–Crippen MR) is 89.8 cm³/mol. The summed E-state index contributed by atoms with van der Waals surface area (Å²) in [6.45, 7) is 2.29. The number of hydrogen-bond acceptors (Lipinski definition) is 3. The highest BCUT2D eigenvalue weighted by Crippen LogP contribution is 2.35. The van der Waals surface area contributed by atoms with E-state index in [-0.39, 0.29) is 5.91 Å². The second kappa shape index (κ2) is 5.68. The standard InChI is InChI=1S/C17H22N2OS/c1-11-7-9-12(10-8-11)19(2)17(20)16-15(18)13-5-3-4-6-14(13)21-16/h3-6,11-12H,7-10,18H2,1-2H3. The zero-order valence-corrected chi connectivity index (χ0v) is 13.5. The van der Waals surface area contributed by atoms with E-state index in [0.29, 0.717) is 16.6 Å². The lowest BCUT2D eigenvalue weighted by molar-refractivity contribution is 0.0685. The number of anilines is 1. The second-order valence-corrected chi connectivity index (χ2v) is 7.22. The van der Waals surface area contributed by atoms with Crippen molar-refractivity contribution in [3.05, 3.63) is 29.1 Å². The third-order valence-electron chi connectivity index (χ3n) is 4.68. The molecule has 1 aromatic heterocycles. The Hall–Kier alpha value is -1.55. The fourth-order valence-electron chi connectivity index (χ4n) is 3.18. The molecule has 0 aliphatic heterocycles. The summed E-state index contributed by atoms with van der Waals surface area (Å²) in [5.74, 6) is 0.868. The Morgan fingerprint density at radius 3 is 2.57 bits per heavy atom. The SMILES string of the molecule is CC1CCC(N(C)C(=O)c2sc3ccccc3c2N)CC1. The Labute approximate surface area is 129 Å². The average molecular weight is 302 g/mol. The maximum atomic E-state index is 12.8. The van der Waals surface area contributed by atoms with E-state index in [0.717, 1.165) is 28.8 Å². The van der Waals surface area contributed by atoms with Crippen LogP contribution in [0.4, 0.5) is 5.69 Å². The molecular weight excluding hydrogens is 280 g/mol. The van der Waals surface area contributed by atoms with Crippen molar-refractivity contribution in [2.45, 2.75) is 38.6 Å². The van der Waals surface area contributed by atoms with Crippen molar-refractivity contribution in [3.63, 3.8) is 0 Å². The van der Waals surface area contributed by atoms with Gasteiger partial charge in [0.1, 0.15) is 4.88 Å². The van der Waals surface area contributed by atoms with Crippen LogP contribution in [0.3, 0.4) is 0 Å². The fraction of sp³-hybridized carbons (Fsp3) is 0.471. The first-order chi connectivity index (χ1) is 10.1. The van der Waals surface area contributed by atoms with E-state index in [4.69, 9.17) is 5.73 Å². The van der Waals surface area contributed by atoms with Crippen LogP contribution in [0.25, 0.3) is 10.1 Å². The van der Waals surface area contributed by atoms with Crippen molar-refractivity contribution in [1.29, 1.82) is 0 Å². The molecule has 112 valence electrons. The summed E-state index contributed by atoms with van der Waals surface area (Å²) in [6.07, 6.45) is 4.64. The summed E-state index contributed by atoms with van der Waals surface area (Å²) in [6, 6.07) is 8.32. The minimum absolute atomic E-state index is 0.0771. The van der Waals surface area contributed by atoms with Gasteiger partial charge in [0.15, 0.2) is 0 Å². The van der Waals surface area contributed by atoms with Crippen LogP contribution in [-0.2, 0) is 0 Å². The largest absolute Gasteiger partial charge is 0.397 e. The Balaban J connectivity index is 1.84. The number of hydrogen-bond donors (Lipinski definition) is 1. The van der Waals surface area contributed by atoms with Crippen LogP contribution < -0.4 is 5.73 Å². The number of fused-ring (bicyclic) bond motifs is 1. The lowest BCUT2D eigenvalue weighted by atomic mass is 9.87. The molecule has 1 aliphatic carbocycles. The molecule has 2 N–H and O–H groups in total. The Morgan fingerprint density at radius 1 is 1.24 bits per heavy atom. The molecule has 1 saturated carbocycles. The van der Waals surface area contributed by atoms with Crippen LogP contribution in [0.5, 0.6) is 0 Å². The Morgan fingerprint density at radius 2 is 1.90 bits per heavy atom. The van der Waals surface area contributed by atoms with Gasteiger partial charge < -0.3 is 10.6 Å². The quantitative estimate of drug-likeness (QED) is 0.906. The van der Waals surface area contributed by atoms with E-state index in [1.165, 1.54) is 24.2 Å². The highest BCUT2D eigenvalue weighted by atomic mass is 32.1. The normalized spacial score (nSPS) is 22.4. The molecule has 0 unspecified atom stereocenters. The van der Waals surface area contributed by atoms with E-state index in [1.54, 1.807) is 0 Å². The summed E-state index contributed by atoms with van der Waals surface area (Å²) in [5, 5.41) is 0.997. The van der Waals surface area contributed by atoms with Crippen LogP contribution in [0.15, 0.2) is 24.3 Å². The highest BCUT2D eigenvalue weighted by molar-refractivity contribution is 7.21. The number of benzene rings is 1. The van der Waals surface area contributed by atoms with Gasteiger partial charge in [-0.25, -0.2) is 0 Å². The number of rotatable bonds is 2. The fourth-order valence-corrected chi connectivity index (χ4v) is 4.29. The minimum atomic E-state index is 0.0771. The molecule has 0 atom stereocenters. The van der Waals surface area contributed by atoms with Gasteiger partial charge in [-0.3, -0.25) is 4.79 Å². The summed E-state index contributed by atoms with van der Waals surface area (Å²) in [7, 11) is 1.92. The van der Waals surface area contributed by atoms with Crippen LogP contribution in [0.2, 0.25) is 0 Å². The van der Waals surface area contributed by atoms with Gasteiger partial charge in [0, 0.05) is 23.2 Å². The molecule has 1 aliphatic rings. The van der Waals surface area contributed by atoms with Gasteiger partial charge in [-0.1, -0.05) is 25.1 Å². The summed E-state index contributed by atoms with van der Waals surface area (Å²) in [5.41, 5.74) is 6.83. The zero-order valence-electron chi connectivity index (χ0n) is 12.6. The van der Waals surface area contributed by atoms with Crippen molar-refractivity contribution in [3.8, 4) is 0 Å². The number of nitrogen functional groups attached to an aromatic ring is 1. The van der Waals surface area contributed by atoms with Gasteiger partial charge in [-0.05, 0) is 37.7 Å². The predicted octanol–water partition coefficient (Wildman–Crippen LogP) is 4.13. The molecule has 3 nitrogen and oxygen atoms in total. The minimum Gasteiger partial charge on any atom is -0.397 e. The van der Waals surface area contributed by atoms with Crippen LogP contribution in [0.1, 0.15) is 42.3 Å². The number of nitrogens with zero attached hydrogens (tertiary/aromatic N) is 1. The molecule has 1 aromatic carbocycles. The van der Waals surface area contributed by atoms with Gasteiger partial charge in [-0.2, -0.15) is 0 Å². The number of thiophene rings is 1. The lowest BCUT2D eigenvalue weighted by Crippen LogP contribution is -2.39. The molecule has 0 spiro atoms. The molecule has 1 fully saturated rings. The van der Waals surface area contributed by atoms with Crippen LogP contribution in [0, 0.1) is 5.92 Å². The summed E-state index contributed by atoms with van der Waals surface area (Å²) < 4.78 is 1.09. The lowest BCUT2D eigenvalue weighted by Gasteiger charge is -2.33. The molecule has 21 heavy (non-hydrogen) atoms. The molecule has 3 rings (SSSR count). The Bertz CT molecular complexity index is 656. The van der Waals surface area contributed by atoms with E-state index >= 15 is 0 Å². The van der Waals surface area contributed by atoms with Crippen molar-refractivity contribution in [1.82, 2.24) is 4.90 Å². The first-order valence-corrected chi connectivity index (χ1v) is 8.43. The van der Waals surface area contributed by atoms with Crippen molar-refractivity contribution >= 4 is 33.0 Å². The third-order valence-corrected chi connectivity index (χ3v) is 5.86. The monoisotopic (exact) mass is 302 g/mol. The van der Waals surface area contributed by atoms with Crippen LogP contribution >= 0.6 is 11.3 Å². The molecule has 0 bridgehead atoms. The molecule has 1 amide bonds. The maximum Gasteiger partial charge on any atom is 0.266 e. The number of carbonyl (C=O) groups is 1. The highest BCUT2D eigenvalue weighted by Gasteiger charge is 2.27. The first-order valence-electron chi connectivity index (χ1n) is 7.62. The van der Waals surface area contributed by atoms with Crippen molar-refractivity contribution < 1.29 is 4.79 Å². The Kier molecular flexibility index (Phi) is 3.89. The molecule has 1 heterocycles. The number of carbonyl (C=O) groups excluding carboxylic acids is 1. The van der Waals surface area contributed by atoms with E-state index in [9.17, 15) is 4.79 Å². The molecular formula is C17H22N2OS. The second-order valence-electron chi connectivity index (χ2n) is 6.17. The first kappa shape index (κ1) is 14.4. The van der Waals surface area contributed by atoms with Gasteiger partial charge in [-0.15, -0.1) is 11.3 Å². The molecule has 0 saturated heterocycles. The third kappa shape index (κ3) is 2.64. The van der Waals surface area contributed by atoms with Gasteiger partial charge in [0.05, 0.1) is 5.69 Å². The molecule has 0 radical (unpaired) electrons. The number of amides is 1. The van der Waals surface area contributed by atoms with Crippen molar-refractivity contribution in [2.24, 2.45) is 5.92 Å². The van der Waals surface area contributed by atoms with E-state index in [1.807, 2.05) is 36.2 Å². The smallest absolute Gasteiger partial charge is 0.266 e. The summed E-state index contributed by atoms with van der Waals surface area (Å²) >= 11 is 1.51. The van der Waals surface area contributed by atoms with Crippen LogP contribution in [-0.4, -0.2) is 23.9 Å². The van der Waals surface area contributed by atoms with E-state index < -0.39 is 0 Å². The van der Waals surface area contributed by atoms with E-state index in [2.05, 4.69) is 6.92 Å².